The Balaban J connectivity index is 1.97. The monoisotopic (exact) mass is 381 g/mol. The number of benzene rings is 2. The Morgan fingerprint density at radius 2 is 1.81 bits per heavy atom. The average Bonchev–Trinajstić information content (AvgIpc) is 2.66. The fourth-order valence-corrected chi connectivity index (χ4v) is 2.62. The fraction of sp³-hybridized carbons (Fsp3) is 0.105. The lowest BCUT2D eigenvalue weighted by Gasteiger charge is -2.13. The van der Waals surface area contributed by atoms with E-state index < -0.39 is 0 Å². The minimum Gasteiger partial charge on any atom is -0.493 e. The first-order valence-corrected chi connectivity index (χ1v) is 8.28. The van der Waals surface area contributed by atoms with Gasteiger partial charge in [0.05, 0.1) is 12.8 Å². The van der Waals surface area contributed by atoms with Gasteiger partial charge in [-0.05, 0) is 35.9 Å². The molecule has 3 rings (SSSR count). The number of halogens is 1. The summed E-state index contributed by atoms with van der Waals surface area (Å²) in [6, 6.07) is 14.5. The van der Waals surface area contributed by atoms with Gasteiger partial charge in [0.1, 0.15) is 24.1 Å². The van der Waals surface area contributed by atoms with Crippen molar-refractivity contribution in [1.82, 2.24) is 9.97 Å². The molecule has 0 aliphatic heterocycles. The molecule has 2 aromatic carbocycles. The van der Waals surface area contributed by atoms with Crippen molar-refractivity contribution in [3.63, 3.8) is 0 Å². The van der Waals surface area contributed by atoms with Gasteiger partial charge in [-0.1, -0.05) is 23.7 Å². The lowest BCUT2D eigenvalue weighted by atomic mass is 10.1. The standard InChI is InChI=1S/C19H16ClN5O2/c1-26-15-7-4-12(17-14(9-21)18(22)25-19(23)24-17)8-16(15)27-10-11-2-5-13(20)6-3-11/h2-8H,10H2,1H3,(H4,22,23,24,25). The van der Waals surface area contributed by atoms with E-state index in [4.69, 9.17) is 32.5 Å². The Bertz CT molecular complexity index is 1020. The van der Waals surface area contributed by atoms with Crippen LogP contribution in [-0.4, -0.2) is 17.1 Å². The van der Waals surface area contributed by atoms with Gasteiger partial charge >= 0.3 is 0 Å². The van der Waals surface area contributed by atoms with E-state index in [1.807, 2.05) is 18.2 Å². The zero-order valence-corrected chi connectivity index (χ0v) is 15.2. The number of nitrogens with two attached hydrogens (primary N) is 2. The molecule has 8 heteroatoms. The van der Waals surface area contributed by atoms with Crippen molar-refractivity contribution in [3.05, 3.63) is 58.6 Å². The summed E-state index contributed by atoms with van der Waals surface area (Å²) in [5.74, 6) is 1.05. The molecule has 1 aromatic heterocycles. The molecule has 0 saturated heterocycles. The van der Waals surface area contributed by atoms with Gasteiger partial charge in [-0.3, -0.25) is 0 Å². The normalized spacial score (nSPS) is 10.3. The molecule has 3 aromatic rings. The molecule has 0 fully saturated rings. The van der Waals surface area contributed by atoms with Gasteiger partial charge in [-0.15, -0.1) is 0 Å². The Hall–Kier alpha value is -3.50. The predicted molar refractivity (Wildman–Crippen MR) is 103 cm³/mol. The average molecular weight is 382 g/mol. The minimum absolute atomic E-state index is 0.0130. The van der Waals surface area contributed by atoms with Gasteiger partial charge in [-0.25, -0.2) is 4.98 Å². The zero-order valence-electron chi connectivity index (χ0n) is 14.4. The summed E-state index contributed by atoms with van der Waals surface area (Å²) >= 11 is 5.90. The van der Waals surface area contributed by atoms with Crippen molar-refractivity contribution in [2.24, 2.45) is 0 Å². The molecule has 0 atom stereocenters. The van der Waals surface area contributed by atoms with Crippen LogP contribution in [-0.2, 0) is 6.61 Å². The molecule has 0 aliphatic rings. The summed E-state index contributed by atoms with van der Waals surface area (Å²) < 4.78 is 11.2. The number of nitrogens with zero attached hydrogens (tertiary/aromatic N) is 3. The molecule has 0 bridgehead atoms. The number of rotatable bonds is 5. The van der Waals surface area contributed by atoms with Gasteiger partial charge in [0.25, 0.3) is 0 Å². The number of ether oxygens (including phenoxy) is 2. The molecule has 27 heavy (non-hydrogen) atoms. The van der Waals surface area contributed by atoms with Crippen molar-refractivity contribution in [1.29, 1.82) is 5.26 Å². The van der Waals surface area contributed by atoms with E-state index in [-0.39, 0.29) is 17.3 Å². The Morgan fingerprint density at radius 1 is 1.07 bits per heavy atom. The number of hydrogen-bond donors (Lipinski definition) is 2. The molecule has 0 spiro atoms. The van der Waals surface area contributed by atoms with Crippen LogP contribution in [0.1, 0.15) is 11.1 Å². The van der Waals surface area contributed by atoms with Gasteiger partial charge in [0.15, 0.2) is 11.5 Å². The molecular weight excluding hydrogens is 366 g/mol. The second-order valence-corrected chi connectivity index (χ2v) is 6.02. The third kappa shape index (κ3) is 4.02. The van der Waals surface area contributed by atoms with Crippen molar-refractivity contribution in [2.75, 3.05) is 18.6 Å². The van der Waals surface area contributed by atoms with Crippen LogP contribution in [0.2, 0.25) is 5.02 Å². The molecule has 0 radical (unpaired) electrons. The SMILES string of the molecule is COc1ccc(-c2nc(N)nc(N)c2C#N)cc1OCc1ccc(Cl)cc1. The molecule has 136 valence electrons. The maximum absolute atomic E-state index is 9.38. The topological polar surface area (TPSA) is 120 Å². The molecule has 0 aliphatic carbocycles. The molecule has 7 nitrogen and oxygen atoms in total. The first kappa shape index (κ1) is 18.3. The fourth-order valence-electron chi connectivity index (χ4n) is 2.49. The number of nitrogen functional groups attached to an aromatic ring is 2. The van der Waals surface area contributed by atoms with E-state index in [0.717, 1.165) is 5.56 Å². The summed E-state index contributed by atoms with van der Waals surface area (Å²) in [6.07, 6.45) is 0. The third-order valence-corrected chi connectivity index (χ3v) is 4.06. The maximum atomic E-state index is 9.38. The molecule has 0 saturated carbocycles. The lowest BCUT2D eigenvalue weighted by Crippen LogP contribution is -2.05. The molecular formula is C19H16ClN5O2. The summed E-state index contributed by atoms with van der Waals surface area (Å²) in [5, 5.41) is 10.0. The highest BCUT2D eigenvalue weighted by molar-refractivity contribution is 6.30. The smallest absolute Gasteiger partial charge is 0.222 e. The Morgan fingerprint density at radius 3 is 2.48 bits per heavy atom. The number of methoxy groups -OCH3 is 1. The van der Waals surface area contributed by atoms with E-state index in [1.165, 1.54) is 0 Å². The Labute approximate surface area is 161 Å². The summed E-state index contributed by atoms with van der Waals surface area (Å²) in [4.78, 5) is 7.98. The van der Waals surface area contributed by atoms with Crippen molar-refractivity contribution in [3.8, 4) is 28.8 Å². The second kappa shape index (κ2) is 7.81. The third-order valence-electron chi connectivity index (χ3n) is 3.81. The summed E-state index contributed by atoms with van der Waals surface area (Å²) in [5.41, 5.74) is 13.5. The first-order chi connectivity index (χ1) is 13.0. The number of nitriles is 1. The predicted octanol–water partition coefficient (Wildman–Crippen LogP) is 3.42. The number of aromatic nitrogens is 2. The maximum Gasteiger partial charge on any atom is 0.222 e. The molecule has 0 unspecified atom stereocenters. The van der Waals surface area contributed by atoms with E-state index >= 15 is 0 Å². The van der Waals surface area contributed by atoms with Crippen LogP contribution in [0.25, 0.3) is 11.3 Å². The molecule has 0 amide bonds. The largest absolute Gasteiger partial charge is 0.493 e. The van der Waals surface area contributed by atoms with Gasteiger partial charge in [0.2, 0.25) is 5.95 Å². The van der Waals surface area contributed by atoms with Gasteiger partial charge in [0, 0.05) is 10.6 Å². The molecule has 4 N–H and O–H groups in total. The van der Waals surface area contributed by atoms with E-state index in [9.17, 15) is 5.26 Å². The van der Waals surface area contributed by atoms with Crippen molar-refractivity contribution >= 4 is 23.4 Å². The van der Waals surface area contributed by atoms with E-state index in [1.54, 1.807) is 37.4 Å². The van der Waals surface area contributed by atoms with Gasteiger partial charge < -0.3 is 20.9 Å². The van der Waals surface area contributed by atoms with Crippen LogP contribution in [0.3, 0.4) is 0 Å². The lowest BCUT2D eigenvalue weighted by molar-refractivity contribution is 0.284. The minimum atomic E-state index is -0.0130. The van der Waals surface area contributed by atoms with Crippen molar-refractivity contribution < 1.29 is 9.47 Å². The highest BCUT2D eigenvalue weighted by Crippen LogP contribution is 2.34. The Kier molecular flexibility index (Phi) is 5.29. The molecule has 1 heterocycles. The van der Waals surface area contributed by atoms with Crippen LogP contribution in [0, 0.1) is 11.3 Å². The summed E-state index contributed by atoms with van der Waals surface area (Å²) in [7, 11) is 1.55. The summed E-state index contributed by atoms with van der Waals surface area (Å²) in [6.45, 7) is 0.316. The van der Waals surface area contributed by atoms with Gasteiger partial charge in [-0.2, -0.15) is 10.2 Å². The first-order valence-electron chi connectivity index (χ1n) is 7.90. The zero-order chi connectivity index (χ0) is 19.4. The highest BCUT2D eigenvalue weighted by atomic mass is 35.5. The van der Waals surface area contributed by atoms with E-state index in [0.29, 0.717) is 34.4 Å². The van der Waals surface area contributed by atoms with E-state index in [2.05, 4.69) is 9.97 Å². The van der Waals surface area contributed by atoms with Crippen molar-refractivity contribution in [2.45, 2.75) is 6.61 Å². The van der Waals surface area contributed by atoms with Crippen LogP contribution < -0.4 is 20.9 Å². The van der Waals surface area contributed by atoms with Crippen LogP contribution >= 0.6 is 11.6 Å². The number of hydrogen-bond acceptors (Lipinski definition) is 7. The second-order valence-electron chi connectivity index (χ2n) is 5.58. The van der Waals surface area contributed by atoms with Crippen LogP contribution in [0.4, 0.5) is 11.8 Å². The van der Waals surface area contributed by atoms with Crippen LogP contribution in [0.15, 0.2) is 42.5 Å². The number of anilines is 2. The quantitative estimate of drug-likeness (QED) is 0.694. The highest BCUT2D eigenvalue weighted by Gasteiger charge is 2.15. The van der Waals surface area contributed by atoms with Crippen LogP contribution in [0.5, 0.6) is 11.5 Å².